The number of urea groups is 1. The van der Waals surface area contributed by atoms with Crippen molar-refractivity contribution in [2.45, 2.75) is 6.42 Å². The van der Waals surface area contributed by atoms with Crippen LogP contribution in [-0.2, 0) is 0 Å². The van der Waals surface area contributed by atoms with Crippen LogP contribution in [0.25, 0.3) is 0 Å². The fourth-order valence-corrected chi connectivity index (χ4v) is 1.21. The van der Waals surface area contributed by atoms with E-state index in [-0.39, 0.29) is 12.6 Å². The van der Waals surface area contributed by atoms with Crippen molar-refractivity contribution in [1.29, 1.82) is 0 Å². The van der Waals surface area contributed by atoms with Crippen molar-refractivity contribution in [3.8, 4) is 0 Å². The molecular weight excluding hydrogens is 216 g/mol. The molecule has 0 atom stereocenters. The minimum Gasteiger partial charge on any atom is -0.396 e. The molecule has 0 heterocycles. The molecule has 0 bridgehead atoms. The zero-order valence-electron chi connectivity index (χ0n) is 8.16. The van der Waals surface area contributed by atoms with Crippen LogP contribution in [-0.4, -0.2) is 24.3 Å². The van der Waals surface area contributed by atoms with Gasteiger partial charge < -0.3 is 15.7 Å². The van der Waals surface area contributed by atoms with Gasteiger partial charge in [0.25, 0.3) is 0 Å². The van der Waals surface area contributed by atoms with Crippen molar-refractivity contribution in [3.05, 3.63) is 29.3 Å². The van der Waals surface area contributed by atoms with Crippen LogP contribution >= 0.6 is 11.6 Å². The first-order valence-electron chi connectivity index (χ1n) is 4.63. The van der Waals surface area contributed by atoms with Crippen LogP contribution in [0.15, 0.2) is 24.3 Å². The third-order valence-electron chi connectivity index (χ3n) is 1.70. The SMILES string of the molecule is O=C(NCCCO)Nc1cccc(Cl)c1. The maximum Gasteiger partial charge on any atom is 0.319 e. The van der Waals surface area contributed by atoms with E-state index in [1.54, 1.807) is 24.3 Å². The topological polar surface area (TPSA) is 61.4 Å². The van der Waals surface area contributed by atoms with E-state index in [0.29, 0.717) is 23.7 Å². The van der Waals surface area contributed by atoms with Gasteiger partial charge in [-0.15, -0.1) is 0 Å². The van der Waals surface area contributed by atoms with Crippen molar-refractivity contribution in [2.24, 2.45) is 0 Å². The van der Waals surface area contributed by atoms with Gasteiger partial charge in [0.15, 0.2) is 0 Å². The highest BCUT2D eigenvalue weighted by atomic mass is 35.5. The van der Waals surface area contributed by atoms with Crippen molar-refractivity contribution in [3.63, 3.8) is 0 Å². The number of nitrogens with one attached hydrogen (secondary N) is 2. The third kappa shape index (κ3) is 4.67. The molecule has 5 heteroatoms. The Morgan fingerprint density at radius 1 is 1.47 bits per heavy atom. The Labute approximate surface area is 93.2 Å². The predicted molar refractivity (Wildman–Crippen MR) is 60.2 cm³/mol. The molecule has 0 aliphatic carbocycles. The molecule has 0 aromatic heterocycles. The first-order chi connectivity index (χ1) is 7.22. The standard InChI is InChI=1S/C10H13ClN2O2/c11-8-3-1-4-9(7-8)13-10(15)12-5-2-6-14/h1,3-4,7,14H,2,5-6H2,(H2,12,13,15). The average Bonchev–Trinajstić information content (AvgIpc) is 2.18. The van der Waals surface area contributed by atoms with E-state index in [2.05, 4.69) is 10.6 Å². The van der Waals surface area contributed by atoms with Gasteiger partial charge in [-0.2, -0.15) is 0 Å². The van der Waals surface area contributed by atoms with Crippen LogP contribution in [0.3, 0.4) is 0 Å². The number of carbonyl (C=O) groups is 1. The molecule has 0 aliphatic heterocycles. The lowest BCUT2D eigenvalue weighted by molar-refractivity contribution is 0.249. The van der Waals surface area contributed by atoms with E-state index < -0.39 is 0 Å². The van der Waals surface area contributed by atoms with E-state index in [0.717, 1.165) is 0 Å². The van der Waals surface area contributed by atoms with Gasteiger partial charge in [0.2, 0.25) is 0 Å². The predicted octanol–water partition coefficient (Wildman–Crippen LogP) is 1.84. The number of anilines is 1. The van der Waals surface area contributed by atoms with Gasteiger partial charge in [-0.1, -0.05) is 17.7 Å². The highest BCUT2D eigenvalue weighted by Crippen LogP contribution is 2.14. The second kappa shape index (κ2) is 6.27. The van der Waals surface area contributed by atoms with Gasteiger partial charge in [0.05, 0.1) is 0 Å². The number of hydrogen-bond acceptors (Lipinski definition) is 2. The Hall–Kier alpha value is -1.26. The van der Waals surface area contributed by atoms with Gasteiger partial charge in [-0.25, -0.2) is 4.79 Å². The molecule has 0 spiro atoms. The van der Waals surface area contributed by atoms with Crippen molar-refractivity contribution in [2.75, 3.05) is 18.5 Å². The number of hydrogen-bond donors (Lipinski definition) is 3. The van der Waals surface area contributed by atoms with Crippen LogP contribution in [0, 0.1) is 0 Å². The minimum atomic E-state index is -0.300. The van der Waals surface area contributed by atoms with Gasteiger partial charge in [0, 0.05) is 23.9 Å². The van der Waals surface area contributed by atoms with Crippen LogP contribution in [0.5, 0.6) is 0 Å². The summed E-state index contributed by atoms with van der Waals surface area (Å²) in [6, 6.07) is 6.60. The summed E-state index contributed by atoms with van der Waals surface area (Å²) in [5.74, 6) is 0. The smallest absolute Gasteiger partial charge is 0.319 e. The highest BCUT2D eigenvalue weighted by molar-refractivity contribution is 6.30. The van der Waals surface area contributed by atoms with Crippen LogP contribution in [0.4, 0.5) is 10.5 Å². The molecule has 1 rings (SSSR count). The maximum absolute atomic E-state index is 11.3. The molecule has 3 N–H and O–H groups in total. The molecule has 2 amide bonds. The Morgan fingerprint density at radius 3 is 2.93 bits per heavy atom. The summed E-state index contributed by atoms with van der Waals surface area (Å²) >= 11 is 5.75. The average molecular weight is 229 g/mol. The zero-order valence-corrected chi connectivity index (χ0v) is 8.92. The van der Waals surface area contributed by atoms with Crippen LogP contribution < -0.4 is 10.6 Å². The van der Waals surface area contributed by atoms with Crippen LogP contribution in [0.1, 0.15) is 6.42 Å². The zero-order chi connectivity index (χ0) is 11.1. The second-order valence-corrected chi connectivity index (χ2v) is 3.40. The number of aliphatic hydroxyl groups is 1. The molecule has 15 heavy (non-hydrogen) atoms. The fourth-order valence-electron chi connectivity index (χ4n) is 1.02. The summed E-state index contributed by atoms with van der Waals surface area (Å²) in [6.45, 7) is 0.514. The number of carbonyl (C=O) groups excluding carboxylic acids is 1. The monoisotopic (exact) mass is 228 g/mol. The van der Waals surface area contributed by atoms with E-state index in [1.807, 2.05) is 0 Å². The summed E-state index contributed by atoms with van der Waals surface area (Å²) in [4.78, 5) is 11.3. The molecule has 0 radical (unpaired) electrons. The van der Waals surface area contributed by atoms with E-state index in [1.165, 1.54) is 0 Å². The first kappa shape index (κ1) is 11.8. The van der Waals surface area contributed by atoms with Gasteiger partial charge in [-0.05, 0) is 24.6 Å². The third-order valence-corrected chi connectivity index (χ3v) is 1.94. The molecule has 0 fully saturated rings. The lowest BCUT2D eigenvalue weighted by Gasteiger charge is -2.06. The van der Waals surface area contributed by atoms with Crippen molar-refractivity contribution in [1.82, 2.24) is 5.32 Å². The van der Waals surface area contributed by atoms with Crippen LogP contribution in [0.2, 0.25) is 5.02 Å². The Bertz CT molecular complexity index is 331. The quantitative estimate of drug-likeness (QED) is 0.689. The largest absolute Gasteiger partial charge is 0.396 e. The Morgan fingerprint density at radius 2 is 2.27 bits per heavy atom. The first-order valence-corrected chi connectivity index (χ1v) is 5.01. The molecular formula is C10H13ClN2O2. The fraction of sp³-hybridized carbons (Fsp3) is 0.300. The number of benzene rings is 1. The van der Waals surface area contributed by atoms with Crippen molar-refractivity contribution < 1.29 is 9.90 Å². The Kier molecular flexibility index (Phi) is 4.93. The molecule has 1 aromatic rings. The minimum absolute atomic E-state index is 0.0669. The van der Waals surface area contributed by atoms with Gasteiger partial charge in [-0.3, -0.25) is 0 Å². The summed E-state index contributed by atoms with van der Waals surface area (Å²) in [7, 11) is 0. The molecule has 0 aliphatic rings. The number of halogens is 1. The van der Waals surface area contributed by atoms with E-state index in [4.69, 9.17) is 16.7 Å². The second-order valence-electron chi connectivity index (χ2n) is 2.97. The summed E-state index contributed by atoms with van der Waals surface area (Å²) in [5.41, 5.74) is 0.643. The number of rotatable bonds is 4. The van der Waals surface area contributed by atoms with E-state index in [9.17, 15) is 4.79 Å². The summed E-state index contributed by atoms with van der Waals surface area (Å²) in [5, 5.41) is 14.3. The highest BCUT2D eigenvalue weighted by Gasteiger charge is 2.00. The normalized spacial score (nSPS) is 9.73. The maximum atomic E-state index is 11.3. The molecule has 82 valence electrons. The summed E-state index contributed by atoms with van der Waals surface area (Å²) < 4.78 is 0. The van der Waals surface area contributed by atoms with Gasteiger partial charge >= 0.3 is 6.03 Å². The lowest BCUT2D eigenvalue weighted by atomic mass is 10.3. The molecule has 4 nitrogen and oxygen atoms in total. The van der Waals surface area contributed by atoms with Crippen molar-refractivity contribution >= 4 is 23.3 Å². The number of aliphatic hydroxyl groups excluding tert-OH is 1. The molecule has 0 unspecified atom stereocenters. The Balaban J connectivity index is 2.37. The molecule has 1 aromatic carbocycles. The lowest BCUT2D eigenvalue weighted by Crippen LogP contribution is -2.29. The molecule has 0 saturated heterocycles. The molecule has 0 saturated carbocycles. The summed E-state index contributed by atoms with van der Waals surface area (Å²) in [6.07, 6.45) is 0.545. The number of amides is 2. The van der Waals surface area contributed by atoms with E-state index >= 15 is 0 Å². The van der Waals surface area contributed by atoms with Gasteiger partial charge in [0.1, 0.15) is 0 Å².